The molecule has 1 fully saturated rings. The second-order valence-electron chi connectivity index (χ2n) is 6.03. The summed E-state index contributed by atoms with van der Waals surface area (Å²) in [6.07, 6.45) is 4.02. The zero-order valence-corrected chi connectivity index (χ0v) is 15.3. The number of aromatic nitrogens is 1. The second-order valence-corrected chi connectivity index (χ2v) is 8.42. The highest BCUT2D eigenvalue weighted by atomic mass is 35.5. The highest BCUT2D eigenvalue weighted by molar-refractivity contribution is 7.88. The van der Waals surface area contributed by atoms with E-state index < -0.39 is 10.0 Å². The van der Waals surface area contributed by atoms with Crippen LogP contribution >= 0.6 is 11.6 Å². The number of carbonyl (C=O) groups is 1. The number of nitrogens with one attached hydrogen (secondary N) is 2. The standard InChI is InChI=1S/C16H19ClN4O3S/c1-25(23,24)21-9-6-11(7-10-21)19-16(22)20-14-5-4-13(17)15-12(14)3-2-8-18-15/h2-5,8,11H,6-7,9-10H2,1H3,(H2,19,20,22). The normalized spacial score (nSPS) is 16.7. The highest BCUT2D eigenvalue weighted by Crippen LogP contribution is 2.28. The summed E-state index contributed by atoms with van der Waals surface area (Å²) in [6, 6.07) is 6.66. The van der Waals surface area contributed by atoms with Crippen molar-refractivity contribution in [1.29, 1.82) is 0 Å². The summed E-state index contributed by atoms with van der Waals surface area (Å²) >= 11 is 6.13. The molecule has 0 radical (unpaired) electrons. The van der Waals surface area contributed by atoms with Crippen LogP contribution in [0.25, 0.3) is 10.9 Å². The molecule has 1 aromatic carbocycles. The first-order chi connectivity index (χ1) is 11.8. The molecule has 0 atom stereocenters. The van der Waals surface area contributed by atoms with Gasteiger partial charge in [-0.1, -0.05) is 11.6 Å². The van der Waals surface area contributed by atoms with Crippen molar-refractivity contribution in [3.05, 3.63) is 35.5 Å². The minimum Gasteiger partial charge on any atom is -0.335 e. The molecule has 2 amide bonds. The van der Waals surface area contributed by atoms with Crippen LogP contribution in [0.1, 0.15) is 12.8 Å². The number of pyridine rings is 1. The maximum atomic E-state index is 12.3. The number of benzene rings is 1. The lowest BCUT2D eigenvalue weighted by Crippen LogP contribution is -2.47. The van der Waals surface area contributed by atoms with Crippen molar-refractivity contribution in [2.24, 2.45) is 0 Å². The Morgan fingerprint density at radius 1 is 1.28 bits per heavy atom. The van der Waals surface area contributed by atoms with E-state index in [1.165, 1.54) is 10.6 Å². The summed E-state index contributed by atoms with van der Waals surface area (Å²) in [5.74, 6) is 0. The van der Waals surface area contributed by atoms with Gasteiger partial charge in [0.15, 0.2) is 0 Å². The molecule has 2 aromatic rings. The Morgan fingerprint density at radius 3 is 2.68 bits per heavy atom. The molecule has 3 rings (SSSR count). The Morgan fingerprint density at radius 2 is 2.00 bits per heavy atom. The van der Waals surface area contributed by atoms with Gasteiger partial charge in [-0.05, 0) is 37.1 Å². The zero-order valence-electron chi connectivity index (χ0n) is 13.7. The van der Waals surface area contributed by atoms with Gasteiger partial charge in [-0.2, -0.15) is 0 Å². The van der Waals surface area contributed by atoms with Crippen LogP contribution in [0.5, 0.6) is 0 Å². The molecule has 1 aliphatic heterocycles. The van der Waals surface area contributed by atoms with Crippen LogP contribution in [-0.4, -0.2) is 49.1 Å². The number of hydrogen-bond donors (Lipinski definition) is 2. The number of amides is 2. The average molecular weight is 383 g/mol. The lowest BCUT2D eigenvalue weighted by atomic mass is 10.1. The lowest BCUT2D eigenvalue weighted by molar-refractivity contribution is 0.238. The van der Waals surface area contributed by atoms with Crippen LogP contribution in [0, 0.1) is 0 Å². The Labute approximate surface area is 151 Å². The van der Waals surface area contributed by atoms with Gasteiger partial charge in [0.05, 0.1) is 22.5 Å². The Balaban J connectivity index is 1.64. The van der Waals surface area contributed by atoms with Crippen molar-refractivity contribution >= 4 is 44.2 Å². The van der Waals surface area contributed by atoms with Gasteiger partial charge in [0, 0.05) is 30.7 Å². The monoisotopic (exact) mass is 382 g/mol. The van der Waals surface area contributed by atoms with E-state index >= 15 is 0 Å². The number of rotatable bonds is 3. The van der Waals surface area contributed by atoms with Gasteiger partial charge < -0.3 is 10.6 Å². The topological polar surface area (TPSA) is 91.4 Å². The number of urea groups is 1. The number of sulfonamides is 1. The van der Waals surface area contributed by atoms with Gasteiger partial charge in [0.25, 0.3) is 0 Å². The van der Waals surface area contributed by atoms with E-state index in [4.69, 9.17) is 11.6 Å². The number of carbonyl (C=O) groups excluding carboxylic acids is 1. The maximum Gasteiger partial charge on any atom is 0.319 e. The van der Waals surface area contributed by atoms with Gasteiger partial charge in [-0.3, -0.25) is 4.98 Å². The molecule has 0 saturated carbocycles. The number of piperidine rings is 1. The van der Waals surface area contributed by atoms with E-state index in [9.17, 15) is 13.2 Å². The van der Waals surface area contributed by atoms with E-state index in [1.807, 2.05) is 6.07 Å². The van der Waals surface area contributed by atoms with Crippen molar-refractivity contribution in [2.75, 3.05) is 24.7 Å². The third-order valence-corrected chi connectivity index (χ3v) is 5.83. The predicted molar refractivity (Wildman–Crippen MR) is 98.3 cm³/mol. The van der Waals surface area contributed by atoms with Crippen molar-refractivity contribution in [1.82, 2.24) is 14.6 Å². The second kappa shape index (κ2) is 7.15. The van der Waals surface area contributed by atoms with Crippen molar-refractivity contribution in [3.63, 3.8) is 0 Å². The molecule has 1 aromatic heterocycles. The van der Waals surface area contributed by atoms with E-state index in [0.717, 1.165) is 5.39 Å². The molecule has 9 heteroatoms. The number of hydrogen-bond acceptors (Lipinski definition) is 4. The van der Waals surface area contributed by atoms with Gasteiger partial charge in [-0.25, -0.2) is 17.5 Å². The van der Waals surface area contributed by atoms with Gasteiger partial charge in [-0.15, -0.1) is 0 Å². The first kappa shape index (κ1) is 17.9. The molecule has 0 bridgehead atoms. The molecule has 2 N–H and O–H groups in total. The molecule has 0 aliphatic carbocycles. The Hall–Kier alpha value is -1.90. The summed E-state index contributed by atoms with van der Waals surface area (Å²) in [6.45, 7) is 0.829. The maximum absolute atomic E-state index is 12.3. The van der Waals surface area contributed by atoms with Crippen molar-refractivity contribution in [2.45, 2.75) is 18.9 Å². The number of halogens is 1. The summed E-state index contributed by atoms with van der Waals surface area (Å²) in [7, 11) is -3.17. The predicted octanol–water partition coefficient (Wildman–Crippen LogP) is 2.43. The minimum atomic E-state index is -3.17. The van der Waals surface area contributed by atoms with Gasteiger partial charge in [0.2, 0.25) is 10.0 Å². The number of anilines is 1. The Bertz CT molecular complexity index is 895. The molecule has 0 spiro atoms. The van der Waals surface area contributed by atoms with Crippen molar-refractivity contribution in [3.8, 4) is 0 Å². The third-order valence-electron chi connectivity index (χ3n) is 4.23. The van der Waals surface area contributed by atoms with Crippen LogP contribution in [0.4, 0.5) is 10.5 Å². The van der Waals surface area contributed by atoms with E-state index in [0.29, 0.717) is 42.2 Å². The smallest absolute Gasteiger partial charge is 0.319 e. The summed E-state index contributed by atoms with van der Waals surface area (Å²) in [5, 5.41) is 7.00. The zero-order chi connectivity index (χ0) is 18.0. The minimum absolute atomic E-state index is 0.0605. The first-order valence-corrected chi connectivity index (χ1v) is 10.1. The molecule has 25 heavy (non-hydrogen) atoms. The molecule has 7 nitrogen and oxygen atoms in total. The van der Waals surface area contributed by atoms with Crippen LogP contribution in [0.2, 0.25) is 5.02 Å². The van der Waals surface area contributed by atoms with E-state index in [2.05, 4.69) is 15.6 Å². The van der Waals surface area contributed by atoms with Crippen LogP contribution in [0.3, 0.4) is 0 Å². The number of fused-ring (bicyclic) bond motifs is 1. The van der Waals surface area contributed by atoms with Gasteiger partial charge in [0.1, 0.15) is 0 Å². The molecule has 134 valence electrons. The van der Waals surface area contributed by atoms with Crippen LogP contribution in [0.15, 0.2) is 30.5 Å². The fourth-order valence-electron chi connectivity index (χ4n) is 2.92. The molecule has 0 unspecified atom stereocenters. The largest absolute Gasteiger partial charge is 0.335 e. The molecular weight excluding hydrogens is 364 g/mol. The summed E-state index contributed by atoms with van der Waals surface area (Å²) in [4.78, 5) is 16.5. The molecule has 1 saturated heterocycles. The van der Waals surface area contributed by atoms with Crippen LogP contribution in [-0.2, 0) is 10.0 Å². The number of nitrogens with zero attached hydrogens (tertiary/aromatic N) is 2. The van der Waals surface area contributed by atoms with Crippen molar-refractivity contribution < 1.29 is 13.2 Å². The van der Waals surface area contributed by atoms with E-state index in [-0.39, 0.29) is 12.1 Å². The molecular formula is C16H19ClN4O3S. The van der Waals surface area contributed by atoms with Crippen LogP contribution < -0.4 is 10.6 Å². The average Bonchev–Trinajstić information content (AvgIpc) is 2.57. The molecule has 1 aliphatic rings. The fourth-order valence-corrected chi connectivity index (χ4v) is 4.01. The van der Waals surface area contributed by atoms with Gasteiger partial charge >= 0.3 is 6.03 Å². The SMILES string of the molecule is CS(=O)(=O)N1CCC(NC(=O)Nc2ccc(Cl)c3ncccc23)CC1. The summed E-state index contributed by atoms with van der Waals surface area (Å²) in [5.41, 5.74) is 1.25. The third kappa shape index (κ3) is 4.20. The lowest BCUT2D eigenvalue weighted by Gasteiger charge is -2.30. The quantitative estimate of drug-likeness (QED) is 0.852. The summed E-state index contributed by atoms with van der Waals surface area (Å²) < 4.78 is 24.5. The highest BCUT2D eigenvalue weighted by Gasteiger charge is 2.25. The van der Waals surface area contributed by atoms with E-state index in [1.54, 1.807) is 24.4 Å². The Kier molecular flexibility index (Phi) is 5.12. The first-order valence-electron chi connectivity index (χ1n) is 7.90. The fraction of sp³-hybridized carbons (Fsp3) is 0.375. The molecule has 2 heterocycles.